The highest BCUT2D eigenvalue weighted by Crippen LogP contribution is 2.41. The first-order chi connectivity index (χ1) is 16.6. The Morgan fingerprint density at radius 1 is 0.528 bits per heavy atom. The third-order valence-corrected chi connectivity index (χ3v) is 7.07. The molecule has 0 bridgehead atoms. The van der Waals surface area contributed by atoms with Crippen molar-refractivity contribution in [3.63, 3.8) is 0 Å². The minimum Gasteiger partial charge on any atom is -0.289 e. The van der Waals surface area contributed by atoms with Gasteiger partial charge in [0.1, 0.15) is 0 Å². The van der Waals surface area contributed by atoms with Crippen molar-refractivity contribution in [2.45, 2.75) is 67.7 Å². The van der Waals surface area contributed by atoms with Gasteiger partial charge in [0.25, 0.3) is 0 Å². The summed E-state index contributed by atoms with van der Waals surface area (Å²) < 4.78 is 0. The molecule has 4 rings (SSSR count). The molecule has 2 nitrogen and oxygen atoms in total. The van der Waals surface area contributed by atoms with Crippen LogP contribution < -0.4 is 0 Å². The number of carbonyl (C=O) groups is 2. The average Bonchev–Trinajstić information content (AvgIpc) is 2.77. The number of fused-ring (bicyclic) bond motifs is 2. The van der Waals surface area contributed by atoms with E-state index in [9.17, 15) is 9.59 Å². The lowest BCUT2D eigenvalue weighted by Gasteiger charge is -2.29. The Balaban J connectivity index is 1.94. The van der Waals surface area contributed by atoms with E-state index in [0.717, 1.165) is 50.1 Å². The van der Waals surface area contributed by atoms with Gasteiger partial charge in [-0.3, -0.25) is 9.59 Å². The van der Waals surface area contributed by atoms with E-state index in [0.29, 0.717) is 0 Å². The van der Waals surface area contributed by atoms with Crippen molar-refractivity contribution in [3.05, 3.63) is 106 Å². The molecule has 0 saturated heterocycles. The number of benzene rings is 2. The van der Waals surface area contributed by atoms with Crippen LogP contribution in [0.1, 0.15) is 99.7 Å². The van der Waals surface area contributed by atoms with Crippen molar-refractivity contribution < 1.29 is 9.59 Å². The van der Waals surface area contributed by atoms with Crippen LogP contribution in [0.5, 0.6) is 0 Å². The molecule has 36 heavy (non-hydrogen) atoms. The van der Waals surface area contributed by atoms with Gasteiger partial charge in [0.05, 0.1) is 0 Å². The Morgan fingerprint density at radius 2 is 0.972 bits per heavy atom. The van der Waals surface area contributed by atoms with Crippen LogP contribution in [0.25, 0.3) is 11.1 Å². The van der Waals surface area contributed by atoms with Gasteiger partial charge < -0.3 is 0 Å². The molecule has 2 aliphatic carbocycles. The molecule has 0 unspecified atom stereocenters. The van der Waals surface area contributed by atoms with E-state index >= 15 is 0 Å². The van der Waals surface area contributed by atoms with Crippen molar-refractivity contribution in [2.24, 2.45) is 10.8 Å². The Bertz CT molecular complexity index is 1380. The number of carbonyl (C=O) groups excluding carboxylic acids is 2. The molecule has 2 aliphatic rings. The van der Waals surface area contributed by atoms with Crippen LogP contribution in [0, 0.1) is 10.8 Å². The summed E-state index contributed by atoms with van der Waals surface area (Å²) in [4.78, 5) is 26.8. The molecule has 0 aromatic heterocycles. The van der Waals surface area contributed by atoms with E-state index < -0.39 is 0 Å². The van der Waals surface area contributed by atoms with Crippen LogP contribution in [0.2, 0.25) is 0 Å². The monoisotopic (exact) mass is 478 g/mol. The number of hydrogen-bond acceptors (Lipinski definition) is 2. The Labute approximate surface area is 216 Å². The number of rotatable bonds is 1. The predicted octanol–water partition coefficient (Wildman–Crippen LogP) is 8.79. The van der Waals surface area contributed by atoms with Crippen molar-refractivity contribution in [1.29, 1.82) is 0 Å². The van der Waals surface area contributed by atoms with E-state index in [1.165, 1.54) is 0 Å². The zero-order chi connectivity index (χ0) is 26.6. The molecule has 0 saturated carbocycles. The second-order valence-corrected chi connectivity index (χ2v) is 13.1. The fourth-order valence-corrected chi connectivity index (χ4v) is 4.84. The average molecular weight is 479 g/mol. The standard InChI is InChI=1S/C34H38O2/c1-32(2,3)23-16-17-25-22(19-29(34(7,8)9)31(36)27(25)20-23)15-14-21-18-28(33(4,5)6)30(35)26-13-11-10-12-24(21)26/h10-20H,1-9H3. The van der Waals surface area contributed by atoms with Gasteiger partial charge in [-0.05, 0) is 62.3 Å². The molecule has 0 N–H and O–H groups in total. The minimum absolute atomic E-state index is 0.0449. The molecular formula is C34H38O2. The van der Waals surface area contributed by atoms with Gasteiger partial charge in [-0.15, -0.1) is 0 Å². The van der Waals surface area contributed by atoms with Crippen LogP contribution in [-0.4, -0.2) is 11.6 Å². The Kier molecular flexibility index (Phi) is 6.23. The normalized spacial score (nSPS) is 18.7. The summed E-state index contributed by atoms with van der Waals surface area (Å²) >= 11 is 0. The smallest absolute Gasteiger partial charge is 0.190 e. The van der Waals surface area contributed by atoms with Crippen LogP contribution in [-0.2, 0) is 5.41 Å². The summed E-state index contributed by atoms with van der Waals surface area (Å²) in [6.07, 6.45) is 8.29. The highest BCUT2D eigenvalue weighted by atomic mass is 16.1. The van der Waals surface area contributed by atoms with Crippen molar-refractivity contribution in [1.82, 2.24) is 0 Å². The number of hydrogen-bond donors (Lipinski definition) is 0. The second kappa shape index (κ2) is 8.69. The zero-order valence-corrected chi connectivity index (χ0v) is 23.2. The first-order valence-corrected chi connectivity index (χ1v) is 12.8. The molecule has 2 aromatic carbocycles. The first kappa shape index (κ1) is 25.8. The SMILES string of the molecule is CC(C)(C)C1=CC(=CC=C2C=C(C(C)(C)C)C(=O)c3cc(C(C)(C)C)ccc32)c2ccccc2C1=O. The number of ketones is 2. The summed E-state index contributed by atoms with van der Waals surface area (Å²) in [6, 6.07) is 14.1. The molecule has 2 aromatic rings. The van der Waals surface area contributed by atoms with Crippen LogP contribution in [0.4, 0.5) is 0 Å². The van der Waals surface area contributed by atoms with Crippen molar-refractivity contribution in [3.8, 4) is 0 Å². The number of allylic oxidation sites excluding steroid dienone is 8. The van der Waals surface area contributed by atoms with E-state index in [4.69, 9.17) is 0 Å². The van der Waals surface area contributed by atoms with Crippen molar-refractivity contribution in [2.75, 3.05) is 0 Å². The number of Topliss-reactive ketones (excluding diaryl/α,β-unsaturated/α-hetero) is 2. The molecule has 0 fully saturated rings. The highest BCUT2D eigenvalue weighted by Gasteiger charge is 2.32. The topological polar surface area (TPSA) is 34.1 Å². The third-order valence-electron chi connectivity index (χ3n) is 7.07. The first-order valence-electron chi connectivity index (χ1n) is 12.8. The van der Waals surface area contributed by atoms with Crippen LogP contribution in [0.3, 0.4) is 0 Å². The molecule has 0 atom stereocenters. The molecule has 0 spiro atoms. The molecule has 186 valence electrons. The van der Waals surface area contributed by atoms with Gasteiger partial charge in [0, 0.05) is 22.3 Å². The molecule has 0 amide bonds. The predicted molar refractivity (Wildman–Crippen MR) is 151 cm³/mol. The fourth-order valence-electron chi connectivity index (χ4n) is 4.84. The second-order valence-electron chi connectivity index (χ2n) is 13.1. The lowest BCUT2D eigenvalue weighted by Crippen LogP contribution is -2.23. The lowest BCUT2D eigenvalue weighted by molar-refractivity contribution is 0.1000. The molecule has 0 radical (unpaired) electrons. The van der Waals surface area contributed by atoms with Crippen LogP contribution in [0.15, 0.2) is 77.9 Å². The van der Waals surface area contributed by atoms with Gasteiger partial charge in [-0.2, -0.15) is 0 Å². The Hall–Kier alpha value is -3.26. The third kappa shape index (κ3) is 4.74. The van der Waals surface area contributed by atoms with Gasteiger partial charge >= 0.3 is 0 Å². The molecule has 2 heteroatoms. The lowest BCUT2D eigenvalue weighted by atomic mass is 9.74. The van der Waals surface area contributed by atoms with E-state index in [1.807, 2.05) is 36.4 Å². The fraction of sp³-hybridized carbons (Fsp3) is 0.353. The summed E-state index contributed by atoms with van der Waals surface area (Å²) in [6.45, 7) is 19.0. The summed E-state index contributed by atoms with van der Waals surface area (Å²) in [7, 11) is 0. The largest absolute Gasteiger partial charge is 0.289 e. The molecule has 0 heterocycles. The maximum Gasteiger partial charge on any atom is 0.190 e. The van der Waals surface area contributed by atoms with Gasteiger partial charge in [0.15, 0.2) is 11.6 Å². The summed E-state index contributed by atoms with van der Waals surface area (Å²) in [5, 5.41) is 0. The quantitative estimate of drug-likeness (QED) is 0.410. The van der Waals surface area contributed by atoms with Crippen LogP contribution >= 0.6 is 0 Å². The van der Waals surface area contributed by atoms with E-state index in [2.05, 4.69) is 92.7 Å². The molecular weight excluding hydrogens is 440 g/mol. The Morgan fingerprint density at radius 3 is 1.44 bits per heavy atom. The minimum atomic E-state index is -0.276. The van der Waals surface area contributed by atoms with Gasteiger partial charge in [-0.1, -0.05) is 111 Å². The summed E-state index contributed by atoms with van der Waals surface area (Å²) in [5.74, 6) is 0.207. The van der Waals surface area contributed by atoms with Gasteiger partial charge in [-0.25, -0.2) is 0 Å². The summed E-state index contributed by atoms with van der Waals surface area (Å²) in [5.41, 5.74) is 7.64. The highest BCUT2D eigenvalue weighted by molar-refractivity contribution is 6.18. The maximum atomic E-state index is 13.6. The molecule has 0 aliphatic heterocycles. The van der Waals surface area contributed by atoms with Crippen molar-refractivity contribution >= 4 is 22.7 Å². The zero-order valence-electron chi connectivity index (χ0n) is 23.2. The van der Waals surface area contributed by atoms with E-state index in [-0.39, 0.29) is 27.8 Å². The van der Waals surface area contributed by atoms with E-state index in [1.54, 1.807) is 0 Å². The maximum absolute atomic E-state index is 13.6. The van der Waals surface area contributed by atoms with Gasteiger partial charge in [0.2, 0.25) is 0 Å².